The number of hydrogen-bond acceptors (Lipinski definition) is 5. The van der Waals surface area contributed by atoms with E-state index in [1.165, 1.54) is 18.4 Å². The summed E-state index contributed by atoms with van der Waals surface area (Å²) in [4.78, 5) is 37.8. The summed E-state index contributed by atoms with van der Waals surface area (Å²) in [5, 5.41) is 4.54. The maximum absolute atomic E-state index is 13.6. The van der Waals surface area contributed by atoms with E-state index in [0.717, 1.165) is 24.8 Å². The van der Waals surface area contributed by atoms with Crippen molar-refractivity contribution >= 4 is 34.8 Å². The van der Waals surface area contributed by atoms with E-state index in [9.17, 15) is 27.6 Å². The standard InChI is InChI=1S/C24H20F3N3O5/c25-24(26,27)19-12-16(28-23(33)15-9-11-34-13-15)3-8-20(19)29-21(31)14-35-18-6-4-17(5-7-18)30-10-1-2-22(30)32/h3-9,11-13H,1-2,10,14H2,(H,28,33)(H,29,31). The minimum atomic E-state index is -4.79. The third kappa shape index (κ3) is 5.81. The Kier molecular flexibility index (Phi) is 6.76. The van der Waals surface area contributed by atoms with E-state index in [1.807, 2.05) is 0 Å². The molecular weight excluding hydrogens is 467 g/mol. The topological polar surface area (TPSA) is 101 Å². The minimum absolute atomic E-state index is 0.0329. The number of furan rings is 1. The molecule has 0 bridgehead atoms. The first-order valence-corrected chi connectivity index (χ1v) is 10.6. The predicted molar refractivity (Wildman–Crippen MR) is 120 cm³/mol. The van der Waals surface area contributed by atoms with E-state index in [4.69, 9.17) is 9.15 Å². The molecule has 2 aromatic carbocycles. The molecule has 1 aromatic heterocycles. The molecule has 0 unspecified atom stereocenters. The number of hydrogen-bond donors (Lipinski definition) is 2. The number of alkyl halides is 3. The van der Waals surface area contributed by atoms with Crippen molar-refractivity contribution in [3.63, 3.8) is 0 Å². The smallest absolute Gasteiger partial charge is 0.418 e. The van der Waals surface area contributed by atoms with Crippen LogP contribution in [0.5, 0.6) is 5.75 Å². The molecule has 0 radical (unpaired) electrons. The van der Waals surface area contributed by atoms with Crippen LogP contribution in [0.15, 0.2) is 65.5 Å². The molecule has 182 valence electrons. The lowest BCUT2D eigenvalue weighted by Crippen LogP contribution is -2.24. The van der Waals surface area contributed by atoms with E-state index in [-0.39, 0.29) is 17.2 Å². The van der Waals surface area contributed by atoms with E-state index in [0.29, 0.717) is 24.4 Å². The van der Waals surface area contributed by atoms with Gasteiger partial charge < -0.3 is 24.7 Å². The molecule has 1 aliphatic heterocycles. The fourth-order valence-corrected chi connectivity index (χ4v) is 3.54. The number of carbonyl (C=O) groups excluding carboxylic acids is 3. The quantitative estimate of drug-likeness (QED) is 0.504. The molecule has 8 nitrogen and oxygen atoms in total. The van der Waals surface area contributed by atoms with Crippen LogP contribution in [0.4, 0.5) is 30.2 Å². The maximum Gasteiger partial charge on any atom is 0.418 e. The molecular formula is C24H20F3N3O5. The van der Waals surface area contributed by atoms with E-state index in [2.05, 4.69) is 10.6 Å². The van der Waals surface area contributed by atoms with Crippen molar-refractivity contribution in [3.05, 3.63) is 72.2 Å². The number of nitrogens with one attached hydrogen (secondary N) is 2. The number of amides is 3. The number of halogens is 3. The van der Waals surface area contributed by atoms with Crippen molar-refractivity contribution < 1.29 is 36.7 Å². The second-order valence-electron chi connectivity index (χ2n) is 7.70. The molecule has 1 saturated heterocycles. The summed E-state index contributed by atoms with van der Waals surface area (Å²) in [6, 6.07) is 10.9. The second kappa shape index (κ2) is 9.92. The Bertz CT molecular complexity index is 1220. The Labute approximate surface area is 197 Å². The van der Waals surface area contributed by atoms with Gasteiger partial charge in [0, 0.05) is 24.3 Å². The molecule has 1 aliphatic rings. The molecule has 0 atom stereocenters. The lowest BCUT2D eigenvalue weighted by atomic mass is 10.1. The van der Waals surface area contributed by atoms with Crippen molar-refractivity contribution in [1.29, 1.82) is 0 Å². The fraction of sp³-hybridized carbons (Fsp3) is 0.208. The highest BCUT2D eigenvalue weighted by atomic mass is 19.4. The number of anilines is 3. The summed E-state index contributed by atoms with van der Waals surface area (Å²) in [6.45, 7) is 0.104. The lowest BCUT2D eigenvalue weighted by Gasteiger charge is -2.17. The zero-order valence-electron chi connectivity index (χ0n) is 18.2. The van der Waals surface area contributed by atoms with Gasteiger partial charge in [0.25, 0.3) is 11.8 Å². The number of benzene rings is 2. The van der Waals surface area contributed by atoms with Gasteiger partial charge in [-0.3, -0.25) is 14.4 Å². The van der Waals surface area contributed by atoms with Crippen molar-refractivity contribution in [2.24, 2.45) is 0 Å². The normalized spacial score (nSPS) is 13.6. The first kappa shape index (κ1) is 23.9. The predicted octanol–water partition coefficient (Wildman–Crippen LogP) is 4.70. The van der Waals surface area contributed by atoms with Gasteiger partial charge >= 0.3 is 6.18 Å². The van der Waals surface area contributed by atoms with E-state index in [1.54, 1.807) is 29.2 Å². The SMILES string of the molecule is O=C(COc1ccc(N2CCCC2=O)cc1)Nc1ccc(NC(=O)c2ccoc2)cc1C(F)(F)F. The molecule has 35 heavy (non-hydrogen) atoms. The number of carbonyl (C=O) groups is 3. The summed E-state index contributed by atoms with van der Waals surface area (Å²) >= 11 is 0. The van der Waals surface area contributed by atoms with Crippen molar-refractivity contribution in [2.45, 2.75) is 19.0 Å². The van der Waals surface area contributed by atoms with E-state index >= 15 is 0 Å². The fourth-order valence-electron chi connectivity index (χ4n) is 3.54. The minimum Gasteiger partial charge on any atom is -0.484 e. The Morgan fingerprint density at radius 3 is 2.46 bits per heavy atom. The Balaban J connectivity index is 1.39. The van der Waals surface area contributed by atoms with Crippen LogP contribution in [0.25, 0.3) is 0 Å². The molecule has 0 spiro atoms. The molecule has 2 heterocycles. The van der Waals surface area contributed by atoms with Crippen LogP contribution >= 0.6 is 0 Å². The van der Waals surface area contributed by atoms with Crippen molar-refractivity contribution in [1.82, 2.24) is 0 Å². The highest BCUT2D eigenvalue weighted by Crippen LogP contribution is 2.36. The van der Waals surface area contributed by atoms with Gasteiger partial charge in [-0.25, -0.2) is 0 Å². The first-order valence-electron chi connectivity index (χ1n) is 10.6. The summed E-state index contributed by atoms with van der Waals surface area (Å²) in [5.74, 6) is -1.09. The summed E-state index contributed by atoms with van der Waals surface area (Å²) in [5.41, 5.74) is -0.854. The van der Waals surface area contributed by atoms with Crippen LogP contribution in [-0.2, 0) is 15.8 Å². The molecule has 4 rings (SSSR count). The third-order valence-corrected chi connectivity index (χ3v) is 5.23. The van der Waals surface area contributed by atoms with Crippen LogP contribution in [0.2, 0.25) is 0 Å². The maximum atomic E-state index is 13.6. The average molecular weight is 487 g/mol. The Morgan fingerprint density at radius 1 is 1.06 bits per heavy atom. The molecule has 1 fully saturated rings. The summed E-state index contributed by atoms with van der Waals surface area (Å²) < 4.78 is 50.9. The number of rotatable bonds is 7. The van der Waals surface area contributed by atoms with Crippen LogP contribution in [0, 0.1) is 0 Å². The van der Waals surface area contributed by atoms with Gasteiger partial charge in [-0.05, 0) is 55.0 Å². The van der Waals surface area contributed by atoms with Crippen LogP contribution in [-0.4, -0.2) is 30.9 Å². The largest absolute Gasteiger partial charge is 0.484 e. The van der Waals surface area contributed by atoms with Gasteiger partial charge in [0.1, 0.15) is 12.0 Å². The molecule has 2 N–H and O–H groups in total. The monoisotopic (exact) mass is 487 g/mol. The molecule has 3 aromatic rings. The Morgan fingerprint density at radius 2 is 1.83 bits per heavy atom. The highest BCUT2D eigenvalue weighted by molar-refractivity contribution is 6.04. The highest BCUT2D eigenvalue weighted by Gasteiger charge is 2.34. The molecule has 0 saturated carbocycles. The van der Waals surface area contributed by atoms with Crippen LogP contribution in [0.3, 0.4) is 0 Å². The molecule has 0 aliphatic carbocycles. The number of nitrogens with zero attached hydrogens (tertiary/aromatic N) is 1. The van der Waals surface area contributed by atoms with E-state index < -0.39 is 35.8 Å². The molecule has 11 heteroatoms. The third-order valence-electron chi connectivity index (χ3n) is 5.23. The van der Waals surface area contributed by atoms with Crippen LogP contribution < -0.4 is 20.3 Å². The molecule has 3 amide bonds. The van der Waals surface area contributed by atoms with Gasteiger partial charge in [-0.2, -0.15) is 13.2 Å². The van der Waals surface area contributed by atoms with Gasteiger partial charge in [-0.1, -0.05) is 0 Å². The number of ether oxygens (including phenoxy) is 1. The first-order chi connectivity index (χ1) is 16.7. The summed E-state index contributed by atoms with van der Waals surface area (Å²) in [6.07, 6.45) is -1.08. The Hall–Kier alpha value is -4.28. The zero-order valence-corrected chi connectivity index (χ0v) is 18.2. The lowest BCUT2D eigenvalue weighted by molar-refractivity contribution is -0.137. The average Bonchev–Trinajstić information content (AvgIpc) is 3.50. The van der Waals surface area contributed by atoms with Gasteiger partial charge in [0.2, 0.25) is 5.91 Å². The second-order valence-corrected chi connectivity index (χ2v) is 7.70. The zero-order chi connectivity index (χ0) is 25.0. The van der Waals surface area contributed by atoms with Gasteiger partial charge in [-0.15, -0.1) is 0 Å². The van der Waals surface area contributed by atoms with Crippen LogP contribution in [0.1, 0.15) is 28.8 Å². The van der Waals surface area contributed by atoms with Crippen molar-refractivity contribution in [3.8, 4) is 5.75 Å². The van der Waals surface area contributed by atoms with Gasteiger partial charge in [0.15, 0.2) is 6.61 Å². The summed E-state index contributed by atoms with van der Waals surface area (Å²) in [7, 11) is 0. The van der Waals surface area contributed by atoms with Gasteiger partial charge in [0.05, 0.1) is 23.1 Å². The van der Waals surface area contributed by atoms with Crippen molar-refractivity contribution in [2.75, 3.05) is 28.7 Å².